The van der Waals surface area contributed by atoms with Crippen LogP contribution in [0.5, 0.6) is 5.75 Å². The van der Waals surface area contributed by atoms with Crippen molar-refractivity contribution in [3.8, 4) is 5.75 Å². The van der Waals surface area contributed by atoms with Crippen LogP contribution in [0.4, 0.5) is 5.69 Å². The summed E-state index contributed by atoms with van der Waals surface area (Å²) in [6.07, 6.45) is 5.24. The molecule has 0 aromatic heterocycles. The molecular formula is C25H24N2O4. The summed E-state index contributed by atoms with van der Waals surface area (Å²) in [5, 5.41) is 2.88. The highest BCUT2D eigenvalue weighted by Crippen LogP contribution is 2.53. The molecule has 5 atom stereocenters. The second kappa shape index (κ2) is 7.69. The van der Waals surface area contributed by atoms with Crippen LogP contribution in [0.3, 0.4) is 0 Å². The van der Waals surface area contributed by atoms with Crippen molar-refractivity contribution in [2.24, 2.45) is 23.7 Å². The summed E-state index contributed by atoms with van der Waals surface area (Å²) < 4.78 is 5.34. The molecule has 1 aliphatic heterocycles. The lowest BCUT2D eigenvalue weighted by atomic mass is 9.85. The fourth-order valence-electron chi connectivity index (χ4n) is 5.34. The summed E-state index contributed by atoms with van der Waals surface area (Å²) >= 11 is 0. The van der Waals surface area contributed by atoms with Gasteiger partial charge in [0, 0.05) is 6.42 Å². The predicted molar refractivity (Wildman–Crippen MR) is 115 cm³/mol. The number of nitrogens with one attached hydrogen (secondary N) is 1. The topological polar surface area (TPSA) is 75.7 Å². The molecule has 158 valence electrons. The number of hydrogen-bond acceptors (Lipinski definition) is 4. The van der Waals surface area contributed by atoms with Gasteiger partial charge in [-0.25, -0.2) is 0 Å². The van der Waals surface area contributed by atoms with Crippen molar-refractivity contribution in [3.05, 3.63) is 72.3 Å². The van der Waals surface area contributed by atoms with Crippen molar-refractivity contribution < 1.29 is 19.1 Å². The highest BCUT2D eigenvalue weighted by atomic mass is 16.5. The summed E-state index contributed by atoms with van der Waals surface area (Å²) in [6.45, 7) is 0. The summed E-state index contributed by atoms with van der Waals surface area (Å²) in [7, 11) is 1.53. The first kappa shape index (κ1) is 19.5. The number of rotatable bonds is 6. The van der Waals surface area contributed by atoms with Gasteiger partial charge in [-0.15, -0.1) is 0 Å². The van der Waals surface area contributed by atoms with Crippen molar-refractivity contribution >= 4 is 23.4 Å². The molecular weight excluding hydrogens is 392 g/mol. The molecule has 31 heavy (non-hydrogen) atoms. The van der Waals surface area contributed by atoms with Gasteiger partial charge < -0.3 is 10.1 Å². The van der Waals surface area contributed by atoms with E-state index in [0.717, 1.165) is 12.0 Å². The third-order valence-electron chi connectivity index (χ3n) is 6.76. The largest absolute Gasteiger partial charge is 0.495 e. The number of hydrogen-bond donors (Lipinski definition) is 1. The van der Waals surface area contributed by atoms with Crippen molar-refractivity contribution in [3.63, 3.8) is 0 Å². The minimum absolute atomic E-state index is 0.103. The molecule has 6 nitrogen and oxygen atoms in total. The smallest absolute Gasteiger partial charge is 0.248 e. The molecule has 2 bridgehead atoms. The Morgan fingerprint density at radius 1 is 1.00 bits per heavy atom. The number of methoxy groups -OCH3 is 1. The third kappa shape index (κ3) is 3.23. The number of fused-ring (bicyclic) bond motifs is 5. The maximum absolute atomic E-state index is 13.4. The lowest BCUT2D eigenvalue weighted by molar-refractivity contribution is -0.147. The van der Waals surface area contributed by atoms with Gasteiger partial charge in [0.15, 0.2) is 0 Å². The second-order valence-electron chi connectivity index (χ2n) is 8.44. The molecule has 2 aromatic carbocycles. The second-order valence-corrected chi connectivity index (χ2v) is 8.44. The van der Waals surface area contributed by atoms with E-state index in [2.05, 4.69) is 17.5 Å². The van der Waals surface area contributed by atoms with Gasteiger partial charge in [-0.2, -0.15) is 0 Å². The molecule has 1 saturated heterocycles. The number of para-hydroxylation sites is 2. The van der Waals surface area contributed by atoms with Gasteiger partial charge in [0.05, 0.1) is 24.6 Å². The molecule has 5 rings (SSSR count). The van der Waals surface area contributed by atoms with E-state index in [9.17, 15) is 14.4 Å². The normalized spacial score (nSPS) is 26.8. The number of ether oxygens (including phenoxy) is 1. The Labute approximate surface area is 180 Å². The Morgan fingerprint density at radius 3 is 2.26 bits per heavy atom. The van der Waals surface area contributed by atoms with E-state index in [1.165, 1.54) is 12.0 Å². The molecule has 0 spiro atoms. The van der Waals surface area contributed by atoms with Crippen LogP contribution >= 0.6 is 0 Å². The number of imide groups is 1. The van der Waals surface area contributed by atoms with E-state index in [-0.39, 0.29) is 41.9 Å². The highest BCUT2D eigenvalue weighted by molar-refractivity contribution is 6.11. The van der Waals surface area contributed by atoms with E-state index >= 15 is 0 Å². The number of allylic oxidation sites excluding steroid dienone is 2. The van der Waals surface area contributed by atoms with E-state index in [1.807, 2.05) is 36.4 Å². The number of carbonyl (C=O) groups is 3. The molecule has 1 heterocycles. The molecule has 2 aromatic rings. The lowest BCUT2D eigenvalue weighted by Crippen LogP contribution is -2.49. The van der Waals surface area contributed by atoms with Crippen LogP contribution in [0.1, 0.15) is 12.0 Å². The zero-order valence-corrected chi connectivity index (χ0v) is 17.2. The molecule has 3 amide bonds. The quantitative estimate of drug-likeness (QED) is 0.580. The van der Waals surface area contributed by atoms with Crippen LogP contribution in [0.2, 0.25) is 0 Å². The molecule has 3 aliphatic rings. The monoisotopic (exact) mass is 416 g/mol. The van der Waals surface area contributed by atoms with Gasteiger partial charge >= 0.3 is 0 Å². The van der Waals surface area contributed by atoms with Gasteiger partial charge in [-0.05, 0) is 36.0 Å². The zero-order chi connectivity index (χ0) is 21.5. The van der Waals surface area contributed by atoms with E-state index in [0.29, 0.717) is 11.4 Å². The minimum Gasteiger partial charge on any atom is -0.495 e. The Balaban J connectivity index is 1.47. The number of nitrogens with zero attached hydrogens (tertiary/aromatic N) is 1. The van der Waals surface area contributed by atoms with Gasteiger partial charge in [0.2, 0.25) is 17.7 Å². The number of carbonyl (C=O) groups excluding carboxylic acids is 3. The summed E-state index contributed by atoms with van der Waals surface area (Å²) in [4.78, 5) is 41.4. The van der Waals surface area contributed by atoms with E-state index in [4.69, 9.17) is 4.74 Å². The molecule has 1 N–H and O–H groups in total. The lowest BCUT2D eigenvalue weighted by Gasteiger charge is -2.27. The minimum atomic E-state index is -0.919. The highest BCUT2D eigenvalue weighted by Gasteiger charge is 2.61. The van der Waals surface area contributed by atoms with Gasteiger partial charge in [0.25, 0.3) is 0 Å². The first-order valence-electron chi connectivity index (χ1n) is 10.6. The Hall–Kier alpha value is -3.41. The molecule has 0 radical (unpaired) electrons. The number of benzene rings is 2. The number of anilines is 1. The molecule has 5 unspecified atom stereocenters. The van der Waals surface area contributed by atoms with Crippen LogP contribution in [0, 0.1) is 23.7 Å². The van der Waals surface area contributed by atoms with E-state index in [1.54, 1.807) is 18.2 Å². The van der Waals surface area contributed by atoms with Gasteiger partial charge in [-0.3, -0.25) is 19.3 Å². The Bertz CT molecular complexity index is 1030. The molecule has 1 saturated carbocycles. The van der Waals surface area contributed by atoms with Crippen LogP contribution in [0.15, 0.2) is 66.7 Å². The maximum atomic E-state index is 13.4. The van der Waals surface area contributed by atoms with Crippen LogP contribution in [0.25, 0.3) is 0 Å². The third-order valence-corrected chi connectivity index (χ3v) is 6.76. The van der Waals surface area contributed by atoms with Crippen molar-refractivity contribution in [1.82, 2.24) is 4.90 Å². The maximum Gasteiger partial charge on any atom is 0.248 e. The fraction of sp³-hybridized carbons (Fsp3) is 0.320. The first-order chi connectivity index (χ1) is 15.1. The van der Waals surface area contributed by atoms with Gasteiger partial charge in [0.1, 0.15) is 11.8 Å². The van der Waals surface area contributed by atoms with E-state index < -0.39 is 11.9 Å². The van der Waals surface area contributed by atoms with Crippen LogP contribution < -0.4 is 10.1 Å². The summed E-state index contributed by atoms with van der Waals surface area (Å²) in [5.74, 6) is -0.773. The SMILES string of the molecule is COc1ccccc1NC(=O)C(Cc1ccccc1)N1C(=O)C2C3C=CC(C3)C2C1=O. The standard InChI is InChI=1S/C25H24N2O4/c1-31-20-10-6-5-9-18(20)26-23(28)19(13-15-7-3-2-4-8-15)27-24(29)21-16-11-12-17(14-16)22(21)25(27)30/h2-12,16-17,19,21-22H,13-14H2,1H3,(H,26,28). The van der Waals surface area contributed by atoms with Crippen LogP contribution in [-0.4, -0.2) is 35.8 Å². The average molecular weight is 416 g/mol. The predicted octanol–water partition coefficient (Wildman–Crippen LogP) is 3.05. The fourth-order valence-corrected chi connectivity index (χ4v) is 5.34. The number of amides is 3. The van der Waals surface area contributed by atoms with Gasteiger partial charge in [-0.1, -0.05) is 54.6 Å². The summed E-state index contributed by atoms with van der Waals surface area (Å²) in [6, 6.07) is 15.7. The van der Waals surface area contributed by atoms with Crippen LogP contribution in [-0.2, 0) is 20.8 Å². The van der Waals surface area contributed by atoms with Crippen molar-refractivity contribution in [1.29, 1.82) is 0 Å². The molecule has 2 fully saturated rings. The average Bonchev–Trinajstić information content (AvgIpc) is 3.47. The van der Waals surface area contributed by atoms with Crippen molar-refractivity contribution in [2.75, 3.05) is 12.4 Å². The number of likely N-dealkylation sites (tertiary alicyclic amines) is 1. The Kier molecular flexibility index (Phi) is 4.85. The van der Waals surface area contributed by atoms with Crippen molar-refractivity contribution in [2.45, 2.75) is 18.9 Å². The molecule has 2 aliphatic carbocycles. The zero-order valence-electron chi connectivity index (χ0n) is 17.2. The first-order valence-corrected chi connectivity index (χ1v) is 10.6. The molecule has 6 heteroatoms. The Morgan fingerprint density at radius 2 is 1.61 bits per heavy atom. The summed E-state index contributed by atoms with van der Waals surface area (Å²) in [5.41, 5.74) is 1.40.